The minimum absolute atomic E-state index is 1.30. The highest BCUT2D eigenvalue weighted by molar-refractivity contribution is 7.28. The average molecular weight is 638 g/mol. The topological polar surface area (TPSA) is 15.8 Å². The van der Waals surface area contributed by atoms with Crippen molar-refractivity contribution in [1.82, 2.24) is 4.98 Å². The highest BCUT2D eigenvalue weighted by atomic mass is 32.1. The minimum Gasteiger partial charge on any atom is -0.354 e. The number of thiophene rings is 1. The van der Waals surface area contributed by atoms with E-state index < -0.39 is 0 Å². The number of benzene rings is 5. The monoisotopic (exact) mass is 641 g/mol. The molecule has 0 unspecified atom stereocenters. The van der Waals surface area contributed by atoms with Gasteiger partial charge in [0.1, 0.15) is 141 Å². The Morgan fingerprint density at radius 1 is 0.240 bits per heavy atom. The molecule has 0 fully saturated rings. The predicted octanol–water partition coefficient (Wildman–Crippen LogP) is -22.3. The Balaban J connectivity index is 1.66. The summed E-state index contributed by atoms with van der Waals surface area (Å²) in [6.07, 6.45) is 0. The molecule has 0 spiro atoms. The van der Waals surface area contributed by atoms with Gasteiger partial charge in [-0.1, -0.05) is 65.6 Å². The molecule has 1 nitrogen and oxygen atoms in total. The van der Waals surface area contributed by atoms with Gasteiger partial charge in [0.05, 0.1) is 10.2 Å². The van der Waals surface area contributed by atoms with E-state index >= 15 is 0 Å². The number of aromatic amines is 1. The molecule has 0 aliphatic carbocycles. The summed E-state index contributed by atoms with van der Waals surface area (Å²) in [6, 6.07) is 0. The van der Waals surface area contributed by atoms with Crippen molar-refractivity contribution in [3.05, 3.63) is 0 Å². The van der Waals surface area contributed by atoms with Crippen LogP contribution in [0.15, 0.2) is 0 Å². The first-order valence-corrected chi connectivity index (χ1v) is 19.2. The molecule has 222 valence electrons. The number of rotatable bonds is 2. The zero-order valence-electron chi connectivity index (χ0n) is 33.9. The fourth-order valence-electron chi connectivity index (χ4n) is 9.71. The Kier molecular flexibility index (Phi) is 8.50. The summed E-state index contributed by atoms with van der Waals surface area (Å²) in [7, 11) is 42.0. The van der Waals surface area contributed by atoms with Gasteiger partial charge in [0.2, 0.25) is 0 Å². The molecule has 50 heavy (non-hydrogen) atoms. The molecule has 0 atom stereocenters. The molecular formula is C30H37B18NS. The summed E-state index contributed by atoms with van der Waals surface area (Å²) in [6.45, 7) is 0. The molecule has 7 rings (SSSR count). The smallest absolute Gasteiger partial charge is 0.141 e. The lowest BCUT2D eigenvalue weighted by Gasteiger charge is -2.25. The summed E-state index contributed by atoms with van der Waals surface area (Å²) in [5, 5.41) is 5.68. The van der Waals surface area contributed by atoms with Gasteiger partial charge in [-0.25, -0.2) is 0 Å². The number of fused-ring (bicyclic) bond motifs is 7. The molecular weight excluding hydrogens is 601 g/mol. The van der Waals surface area contributed by atoms with Crippen molar-refractivity contribution in [1.29, 1.82) is 0 Å². The molecule has 2 aromatic heterocycles. The van der Waals surface area contributed by atoms with Gasteiger partial charge in [0.15, 0.2) is 0 Å². The van der Waals surface area contributed by atoms with Gasteiger partial charge in [-0.3, -0.25) is 0 Å². The molecule has 1 N–H and O–H groups in total. The first kappa shape index (κ1) is 35.7. The van der Waals surface area contributed by atoms with Gasteiger partial charge in [-0.05, 0) is 33.0 Å². The SMILES string of the molecule is Bc1c(B)c(B)c(-c2c(B)c(B)c3[nH]c4c5sc6c(B)c(B)c(-c7c(B)c(B)c(B)c(B)c7B)c(B)c6c5c(B)c(B)c4c3c2B)c(B)c1B. The van der Waals surface area contributed by atoms with E-state index in [1.807, 2.05) is 11.3 Å². The lowest BCUT2D eigenvalue weighted by atomic mass is 9.57. The Bertz CT molecular complexity index is 2500. The van der Waals surface area contributed by atoms with Crippen molar-refractivity contribution in [2.24, 2.45) is 0 Å². The maximum Gasteiger partial charge on any atom is 0.141 e. The molecule has 0 aliphatic heterocycles. The molecule has 0 saturated heterocycles. The Hall–Kier alpha value is -2.71. The van der Waals surface area contributed by atoms with E-state index in [1.54, 1.807) is 0 Å². The number of nitrogens with one attached hydrogen (secondary N) is 1. The largest absolute Gasteiger partial charge is 0.354 e. The molecule has 20 heteroatoms. The van der Waals surface area contributed by atoms with Crippen molar-refractivity contribution in [2.45, 2.75) is 0 Å². The second-order valence-corrected chi connectivity index (χ2v) is 16.9. The minimum atomic E-state index is 1.30. The van der Waals surface area contributed by atoms with Crippen LogP contribution in [-0.4, -0.2) is 146 Å². The predicted molar refractivity (Wildman–Crippen MR) is 287 cm³/mol. The van der Waals surface area contributed by atoms with Crippen LogP contribution < -0.4 is 98.3 Å². The van der Waals surface area contributed by atoms with E-state index in [9.17, 15) is 0 Å². The summed E-state index contributed by atoms with van der Waals surface area (Å²) < 4.78 is 2.83. The van der Waals surface area contributed by atoms with Crippen LogP contribution in [0, 0.1) is 0 Å². The van der Waals surface area contributed by atoms with Crippen LogP contribution in [0.2, 0.25) is 0 Å². The fourth-order valence-corrected chi connectivity index (χ4v) is 11.2. The quantitative estimate of drug-likeness (QED) is 0.182. The number of H-pyrrole nitrogens is 1. The van der Waals surface area contributed by atoms with Crippen molar-refractivity contribution in [3.63, 3.8) is 0 Å². The highest BCUT2D eigenvalue weighted by Gasteiger charge is 2.27. The second-order valence-electron chi connectivity index (χ2n) is 15.9. The van der Waals surface area contributed by atoms with Crippen LogP contribution in [0.5, 0.6) is 0 Å². The third-order valence-corrected chi connectivity index (χ3v) is 15.4. The zero-order chi connectivity index (χ0) is 36.7. The van der Waals surface area contributed by atoms with E-state index in [1.165, 1.54) is 163 Å². The summed E-state index contributed by atoms with van der Waals surface area (Å²) in [5.74, 6) is 0. The van der Waals surface area contributed by atoms with Gasteiger partial charge in [-0.15, -0.1) is 44.1 Å². The van der Waals surface area contributed by atoms with Gasteiger partial charge in [0.25, 0.3) is 0 Å². The van der Waals surface area contributed by atoms with Gasteiger partial charge < -0.3 is 4.98 Å². The van der Waals surface area contributed by atoms with Crippen LogP contribution >= 0.6 is 11.3 Å². The third-order valence-electron chi connectivity index (χ3n) is 14.0. The summed E-state index contributed by atoms with van der Waals surface area (Å²) >= 11 is 2.00. The Labute approximate surface area is 318 Å². The average Bonchev–Trinajstić information content (AvgIpc) is 3.69. The van der Waals surface area contributed by atoms with E-state index in [-0.39, 0.29) is 0 Å². The molecule has 0 saturated carbocycles. The fraction of sp³-hybridized carbons (Fsp3) is 0. The van der Waals surface area contributed by atoms with Crippen molar-refractivity contribution in [3.8, 4) is 22.3 Å². The van der Waals surface area contributed by atoms with Gasteiger partial charge in [-0.2, -0.15) is 0 Å². The van der Waals surface area contributed by atoms with Gasteiger partial charge >= 0.3 is 0 Å². The van der Waals surface area contributed by atoms with E-state index in [0.717, 1.165) is 0 Å². The summed E-state index contributed by atoms with van der Waals surface area (Å²) in [4.78, 5) is 4.09. The molecule has 5 aromatic carbocycles. The molecule has 2 heterocycles. The molecule has 0 amide bonds. The van der Waals surface area contributed by atoms with Crippen LogP contribution in [0.25, 0.3) is 64.2 Å². The number of aromatic nitrogens is 1. The lowest BCUT2D eigenvalue weighted by Crippen LogP contribution is -2.56. The highest BCUT2D eigenvalue weighted by Crippen LogP contribution is 2.37. The van der Waals surface area contributed by atoms with E-state index in [4.69, 9.17) is 0 Å². The molecule has 0 radical (unpaired) electrons. The lowest BCUT2D eigenvalue weighted by molar-refractivity contribution is 1.60. The van der Waals surface area contributed by atoms with E-state index in [0.29, 0.717) is 0 Å². The van der Waals surface area contributed by atoms with Crippen LogP contribution in [0.1, 0.15) is 0 Å². The Morgan fingerprint density at radius 2 is 0.540 bits per heavy atom. The second kappa shape index (κ2) is 11.9. The van der Waals surface area contributed by atoms with Crippen molar-refractivity contribution < 1.29 is 0 Å². The standard InChI is InChI=1S/C30H37B18NS/c31-9-1(3-11(33)19(41)23(45)20(42)12(3)34)15(37)25(47)27-5(9)6-17(39)18(40)8-7-10(32)2(4-13(35)21(43)24(46)22(44)14(4)36)16(38)26(48)29(7)50-30(8)28(6)49-27/h49H,31-48H2. The molecule has 0 aliphatic rings. The third kappa shape index (κ3) is 4.45. The van der Waals surface area contributed by atoms with Crippen molar-refractivity contribution in [2.75, 3.05) is 0 Å². The van der Waals surface area contributed by atoms with Gasteiger partial charge in [0, 0.05) is 21.0 Å². The zero-order valence-corrected chi connectivity index (χ0v) is 34.7. The maximum absolute atomic E-state index is 4.09. The van der Waals surface area contributed by atoms with Crippen molar-refractivity contribution >= 4 is 293 Å². The maximum atomic E-state index is 4.09. The van der Waals surface area contributed by atoms with Crippen LogP contribution in [0.3, 0.4) is 0 Å². The summed E-state index contributed by atoms with van der Waals surface area (Å²) in [5.41, 5.74) is 33.7. The number of hydrogen-bond acceptors (Lipinski definition) is 1. The van der Waals surface area contributed by atoms with Crippen LogP contribution in [-0.2, 0) is 0 Å². The molecule has 7 aromatic rings. The first-order chi connectivity index (χ1) is 23.4. The van der Waals surface area contributed by atoms with Crippen LogP contribution in [0.4, 0.5) is 0 Å². The van der Waals surface area contributed by atoms with E-state index in [2.05, 4.69) is 146 Å². The Morgan fingerprint density at radius 3 is 1.00 bits per heavy atom. The molecule has 0 bridgehead atoms. The normalized spacial score (nSPS) is 11.8. The number of hydrogen-bond donors (Lipinski definition) is 1. The first-order valence-electron chi connectivity index (χ1n) is 18.4.